The number of allylic oxidation sites excluding steroid dienone is 1. The summed E-state index contributed by atoms with van der Waals surface area (Å²) in [5.74, 6) is -7.86. The van der Waals surface area contributed by atoms with Gasteiger partial charge in [-0.1, -0.05) is 30.3 Å². The first kappa shape index (κ1) is 28.7. The van der Waals surface area contributed by atoms with E-state index in [4.69, 9.17) is 5.73 Å². The second-order valence-corrected chi connectivity index (χ2v) is 13.0. The molecule has 10 nitrogen and oxygen atoms in total. The van der Waals surface area contributed by atoms with Crippen molar-refractivity contribution in [3.05, 3.63) is 86.6 Å². The molecule has 1 amide bonds. The van der Waals surface area contributed by atoms with Crippen LogP contribution in [0.5, 0.6) is 5.75 Å². The number of phenols is 1. The highest BCUT2D eigenvalue weighted by atomic mass is 19.1. The standard InChI is InChI=1S/C33H34FN3O7/c1-36(2)26-19-12-16-11-17-22(28(39)20(16)30(41)33(19,44)31(42)23(29(26)40)32(35)43)27(38)18-10-15-8-9-37(25(15)21(18)24(17)34)13-14-6-4-3-5-7-14/h3-7,15-16,19,25-26,38,40-41,44H,8-13H2,1-2H3,(H2,35,43)/t15?,16-,19-,25?,26-,33-/m0/s1. The van der Waals surface area contributed by atoms with Crippen molar-refractivity contribution in [1.82, 2.24) is 9.80 Å². The molecular formula is C33H34FN3O7. The number of Topliss-reactive ketones (excluding diaryl/α,β-unsaturated/α-hetero) is 2. The molecule has 1 aliphatic heterocycles. The van der Waals surface area contributed by atoms with E-state index < -0.39 is 63.9 Å². The molecule has 6 N–H and O–H groups in total. The number of amides is 1. The average Bonchev–Trinajstić information content (AvgIpc) is 3.54. The van der Waals surface area contributed by atoms with Crippen molar-refractivity contribution >= 4 is 17.5 Å². The maximum Gasteiger partial charge on any atom is 0.255 e. The summed E-state index contributed by atoms with van der Waals surface area (Å²) in [6, 6.07) is 8.51. The maximum absolute atomic E-state index is 16.7. The minimum atomic E-state index is -2.73. The molecule has 0 aromatic heterocycles. The van der Waals surface area contributed by atoms with Gasteiger partial charge in [-0.25, -0.2) is 4.39 Å². The number of ketones is 2. The molecule has 1 heterocycles. The first-order valence-electron chi connectivity index (χ1n) is 14.9. The molecule has 1 saturated heterocycles. The molecule has 0 radical (unpaired) electrons. The Hall–Kier alpha value is -4.06. The molecule has 0 saturated carbocycles. The van der Waals surface area contributed by atoms with Gasteiger partial charge in [0, 0.05) is 40.8 Å². The number of fused-ring (bicyclic) bond motifs is 6. The fraction of sp³-hybridized carbons (Fsp3) is 0.424. The Morgan fingerprint density at radius 2 is 1.82 bits per heavy atom. The van der Waals surface area contributed by atoms with Gasteiger partial charge in [0.1, 0.15) is 28.7 Å². The molecule has 7 rings (SSSR count). The summed E-state index contributed by atoms with van der Waals surface area (Å²) in [6.07, 6.45) is 1.04. The molecule has 0 spiro atoms. The van der Waals surface area contributed by atoms with E-state index in [2.05, 4.69) is 4.90 Å². The number of aliphatic hydroxyl groups excluding tert-OH is 2. The molecule has 4 aliphatic carbocycles. The number of halogens is 1. The number of primary amides is 1. The Labute approximate surface area is 252 Å². The summed E-state index contributed by atoms with van der Waals surface area (Å²) >= 11 is 0. The SMILES string of the molecule is CN(C)[C@@H]1C(O)=C(C(N)=O)C(=O)[C@@]2(O)C(O)=C3C(=O)c4c(O)c5c(c(F)c4C[C@H]3C[C@@H]12)C1C(CCN1Cc1ccccc1)C5. The number of aromatic hydroxyl groups is 1. The largest absolute Gasteiger partial charge is 0.510 e. The van der Waals surface area contributed by atoms with E-state index in [0.29, 0.717) is 24.1 Å². The predicted molar refractivity (Wildman–Crippen MR) is 155 cm³/mol. The van der Waals surface area contributed by atoms with Crippen LogP contribution in [0.15, 0.2) is 53.0 Å². The van der Waals surface area contributed by atoms with Gasteiger partial charge in [-0.2, -0.15) is 0 Å². The van der Waals surface area contributed by atoms with Crippen LogP contribution in [0.1, 0.15) is 51.5 Å². The third-order valence-electron chi connectivity index (χ3n) is 10.6. The van der Waals surface area contributed by atoms with Crippen LogP contribution in [0.3, 0.4) is 0 Å². The first-order chi connectivity index (χ1) is 20.9. The van der Waals surface area contributed by atoms with Crippen molar-refractivity contribution in [2.75, 3.05) is 20.6 Å². The third-order valence-corrected chi connectivity index (χ3v) is 10.6. The number of phenolic OH excluding ortho intramolecular Hbond substituents is 1. The number of nitrogens with two attached hydrogens (primary N) is 1. The fourth-order valence-electron chi connectivity index (χ4n) is 8.74. The number of likely N-dealkylation sites (N-methyl/N-ethyl adjacent to an activating group) is 1. The number of nitrogens with zero attached hydrogens (tertiary/aromatic N) is 2. The van der Waals surface area contributed by atoms with E-state index >= 15 is 4.39 Å². The number of benzene rings is 2. The second-order valence-electron chi connectivity index (χ2n) is 13.0. The van der Waals surface area contributed by atoms with Crippen molar-refractivity contribution in [1.29, 1.82) is 0 Å². The van der Waals surface area contributed by atoms with Gasteiger partial charge < -0.3 is 26.2 Å². The third kappa shape index (κ3) is 3.66. The molecular weight excluding hydrogens is 569 g/mol. The lowest BCUT2D eigenvalue weighted by atomic mass is 9.58. The van der Waals surface area contributed by atoms with Gasteiger partial charge in [0.25, 0.3) is 5.91 Å². The van der Waals surface area contributed by atoms with Crippen LogP contribution in [0, 0.1) is 23.6 Å². The number of carbonyl (C=O) groups excluding carboxylic acids is 3. The summed E-state index contributed by atoms with van der Waals surface area (Å²) in [7, 11) is 3.13. The summed E-state index contributed by atoms with van der Waals surface area (Å²) in [5, 5.41) is 45.8. The van der Waals surface area contributed by atoms with E-state index in [1.807, 2.05) is 30.3 Å². The smallest absolute Gasteiger partial charge is 0.255 e. The van der Waals surface area contributed by atoms with E-state index in [1.165, 1.54) is 4.90 Å². The first-order valence-corrected chi connectivity index (χ1v) is 14.9. The van der Waals surface area contributed by atoms with E-state index in [1.54, 1.807) is 14.1 Å². The molecule has 1 fully saturated rings. The zero-order chi connectivity index (χ0) is 31.4. The number of hydrogen-bond donors (Lipinski definition) is 5. The molecule has 2 aromatic carbocycles. The summed E-state index contributed by atoms with van der Waals surface area (Å²) in [5.41, 5.74) is 3.16. The van der Waals surface area contributed by atoms with Crippen LogP contribution < -0.4 is 5.73 Å². The molecule has 0 bridgehead atoms. The van der Waals surface area contributed by atoms with Gasteiger partial charge in [0.2, 0.25) is 5.78 Å². The van der Waals surface area contributed by atoms with Crippen LogP contribution >= 0.6 is 0 Å². The maximum atomic E-state index is 16.7. The van der Waals surface area contributed by atoms with Crippen molar-refractivity contribution < 1.29 is 39.2 Å². The van der Waals surface area contributed by atoms with Gasteiger partial charge in [-0.15, -0.1) is 0 Å². The Balaban J connectivity index is 1.34. The van der Waals surface area contributed by atoms with Gasteiger partial charge in [-0.05, 0) is 63.7 Å². The van der Waals surface area contributed by atoms with Gasteiger partial charge >= 0.3 is 0 Å². The number of carbonyl (C=O) groups is 3. The highest BCUT2D eigenvalue weighted by Gasteiger charge is 2.63. The van der Waals surface area contributed by atoms with Crippen molar-refractivity contribution in [3.8, 4) is 5.75 Å². The molecule has 6 atom stereocenters. The summed E-state index contributed by atoms with van der Waals surface area (Å²) in [6.45, 7) is 1.39. The van der Waals surface area contributed by atoms with E-state index in [9.17, 15) is 34.8 Å². The minimum absolute atomic E-state index is 0.0478. The minimum Gasteiger partial charge on any atom is -0.510 e. The molecule has 11 heteroatoms. The quantitative estimate of drug-likeness (QED) is 0.330. The lowest BCUT2D eigenvalue weighted by Crippen LogP contribution is -2.63. The highest BCUT2D eigenvalue weighted by molar-refractivity contribution is 6.24. The van der Waals surface area contributed by atoms with Crippen LogP contribution in [-0.2, 0) is 29.0 Å². The summed E-state index contributed by atoms with van der Waals surface area (Å²) < 4.78 is 16.7. The van der Waals surface area contributed by atoms with Crippen LogP contribution in [0.4, 0.5) is 4.39 Å². The number of aliphatic hydroxyl groups is 3. The van der Waals surface area contributed by atoms with Crippen molar-refractivity contribution in [3.63, 3.8) is 0 Å². The van der Waals surface area contributed by atoms with Gasteiger partial charge in [-0.3, -0.25) is 24.2 Å². The lowest BCUT2D eigenvalue weighted by molar-refractivity contribution is -0.148. The fourth-order valence-corrected chi connectivity index (χ4v) is 8.74. The van der Waals surface area contributed by atoms with Crippen molar-refractivity contribution in [2.45, 2.75) is 49.9 Å². The topological polar surface area (TPSA) is 165 Å². The van der Waals surface area contributed by atoms with Crippen molar-refractivity contribution in [2.24, 2.45) is 23.5 Å². The molecule has 2 aromatic rings. The van der Waals surface area contributed by atoms with Gasteiger partial charge in [0.15, 0.2) is 11.4 Å². The monoisotopic (exact) mass is 603 g/mol. The highest BCUT2D eigenvalue weighted by Crippen LogP contribution is 2.56. The zero-order valence-electron chi connectivity index (χ0n) is 24.4. The predicted octanol–water partition coefficient (Wildman–Crippen LogP) is 2.38. The van der Waals surface area contributed by atoms with E-state index in [-0.39, 0.29) is 47.3 Å². The molecule has 5 aliphatic rings. The van der Waals surface area contributed by atoms with Gasteiger partial charge in [0.05, 0.1) is 11.6 Å². The molecule has 44 heavy (non-hydrogen) atoms. The van der Waals surface area contributed by atoms with E-state index in [0.717, 1.165) is 18.5 Å². The zero-order valence-corrected chi connectivity index (χ0v) is 24.4. The Morgan fingerprint density at radius 3 is 2.48 bits per heavy atom. The number of rotatable bonds is 4. The Bertz CT molecular complexity index is 1720. The lowest BCUT2D eigenvalue weighted by Gasteiger charge is -2.50. The van der Waals surface area contributed by atoms with Crippen LogP contribution in [-0.4, -0.2) is 80.0 Å². The van der Waals surface area contributed by atoms with Crippen LogP contribution in [0.25, 0.3) is 0 Å². The number of hydrogen-bond acceptors (Lipinski definition) is 9. The van der Waals surface area contributed by atoms with Crippen LogP contribution in [0.2, 0.25) is 0 Å². The normalized spacial score (nSPS) is 31.2. The molecule has 2 unspecified atom stereocenters. The average molecular weight is 604 g/mol. The number of likely N-dealkylation sites (tertiary alicyclic amines) is 1. The molecule has 230 valence electrons. The Kier molecular flexibility index (Phi) is 6.34. The second kappa shape index (κ2) is 9.72. The Morgan fingerprint density at radius 1 is 1.11 bits per heavy atom. The summed E-state index contributed by atoms with van der Waals surface area (Å²) in [4.78, 5) is 43.4.